The van der Waals surface area contributed by atoms with Crippen LogP contribution >= 0.6 is 0 Å². The first-order valence-corrected chi connectivity index (χ1v) is 7.38. The van der Waals surface area contributed by atoms with Gasteiger partial charge in [-0.1, -0.05) is 6.07 Å². The molecule has 3 aromatic heterocycles. The highest BCUT2D eigenvalue weighted by molar-refractivity contribution is 5.76. The predicted molar refractivity (Wildman–Crippen MR) is 81.8 cm³/mol. The number of hydrogen-bond donors (Lipinski definition) is 1. The van der Waals surface area contributed by atoms with E-state index >= 15 is 0 Å². The molecule has 4 rings (SSSR count). The number of fused-ring (bicyclic) bond motifs is 1. The van der Waals surface area contributed by atoms with Crippen molar-refractivity contribution in [2.24, 2.45) is 0 Å². The van der Waals surface area contributed by atoms with Crippen molar-refractivity contribution < 1.29 is 0 Å². The monoisotopic (exact) mass is 279 g/mol. The first-order valence-electron chi connectivity index (χ1n) is 7.38. The van der Waals surface area contributed by atoms with Crippen LogP contribution < -0.4 is 5.32 Å². The van der Waals surface area contributed by atoms with Gasteiger partial charge in [-0.3, -0.25) is 4.98 Å². The number of pyridine rings is 2. The molecule has 1 fully saturated rings. The predicted octanol–water partition coefficient (Wildman–Crippen LogP) is 2.25. The summed E-state index contributed by atoms with van der Waals surface area (Å²) in [6.45, 7) is 1.99. The standard InChI is InChI=1S/C16H17N5/c1-2-8-18-13(6-1)16-20-14-7-4-10-19-15(14)21(16)11-12-5-3-9-17-12/h1-2,4,6-8,10,12,17H,3,5,9,11H2. The van der Waals surface area contributed by atoms with Gasteiger partial charge in [0.1, 0.15) is 11.2 Å². The normalized spacial score (nSPS) is 18.4. The van der Waals surface area contributed by atoms with Gasteiger partial charge in [-0.25, -0.2) is 9.97 Å². The summed E-state index contributed by atoms with van der Waals surface area (Å²) in [7, 11) is 0. The van der Waals surface area contributed by atoms with Crippen molar-refractivity contribution in [3.8, 4) is 11.5 Å². The molecule has 1 atom stereocenters. The molecule has 5 nitrogen and oxygen atoms in total. The third kappa shape index (κ3) is 2.29. The molecule has 0 spiro atoms. The lowest BCUT2D eigenvalue weighted by Crippen LogP contribution is -2.27. The molecule has 5 heteroatoms. The Morgan fingerprint density at radius 2 is 2.10 bits per heavy atom. The second-order valence-electron chi connectivity index (χ2n) is 5.40. The minimum absolute atomic E-state index is 0.492. The SMILES string of the molecule is c1ccc(-c2nc3cccnc3n2CC2CCCN2)nc1. The molecule has 0 bridgehead atoms. The molecule has 1 aliphatic rings. The molecule has 1 N–H and O–H groups in total. The number of nitrogens with zero attached hydrogens (tertiary/aromatic N) is 4. The van der Waals surface area contributed by atoms with Crippen molar-refractivity contribution in [1.29, 1.82) is 0 Å². The minimum atomic E-state index is 0.492. The first-order chi connectivity index (χ1) is 10.4. The van der Waals surface area contributed by atoms with E-state index in [9.17, 15) is 0 Å². The topological polar surface area (TPSA) is 55.6 Å². The summed E-state index contributed by atoms with van der Waals surface area (Å²) in [5.74, 6) is 0.901. The second-order valence-corrected chi connectivity index (χ2v) is 5.40. The van der Waals surface area contributed by atoms with E-state index in [1.54, 1.807) is 6.20 Å². The van der Waals surface area contributed by atoms with Gasteiger partial charge in [-0.05, 0) is 43.7 Å². The van der Waals surface area contributed by atoms with E-state index in [0.717, 1.165) is 35.8 Å². The van der Waals surface area contributed by atoms with Gasteiger partial charge in [0.15, 0.2) is 11.5 Å². The smallest absolute Gasteiger partial charge is 0.161 e. The molecular weight excluding hydrogens is 262 g/mol. The molecule has 1 aliphatic heterocycles. The fourth-order valence-corrected chi connectivity index (χ4v) is 2.95. The third-order valence-corrected chi connectivity index (χ3v) is 3.96. The summed E-state index contributed by atoms with van der Waals surface area (Å²) in [5, 5.41) is 3.54. The Morgan fingerprint density at radius 1 is 1.14 bits per heavy atom. The fourth-order valence-electron chi connectivity index (χ4n) is 2.95. The molecule has 3 aromatic rings. The highest BCUT2D eigenvalue weighted by Gasteiger charge is 2.20. The molecule has 0 radical (unpaired) electrons. The Labute approximate surface area is 123 Å². The van der Waals surface area contributed by atoms with Gasteiger partial charge in [0.2, 0.25) is 0 Å². The van der Waals surface area contributed by atoms with Crippen LogP contribution in [0.1, 0.15) is 12.8 Å². The molecule has 4 heterocycles. The van der Waals surface area contributed by atoms with Crippen molar-refractivity contribution in [3.05, 3.63) is 42.7 Å². The van der Waals surface area contributed by atoms with E-state index in [4.69, 9.17) is 4.98 Å². The van der Waals surface area contributed by atoms with Crippen molar-refractivity contribution in [3.63, 3.8) is 0 Å². The van der Waals surface area contributed by atoms with Gasteiger partial charge >= 0.3 is 0 Å². The Morgan fingerprint density at radius 3 is 2.90 bits per heavy atom. The summed E-state index contributed by atoms with van der Waals surface area (Å²) < 4.78 is 2.20. The number of rotatable bonds is 3. The molecular formula is C16H17N5. The highest BCUT2D eigenvalue weighted by atomic mass is 15.2. The maximum atomic E-state index is 4.74. The average molecular weight is 279 g/mol. The number of aromatic nitrogens is 4. The van der Waals surface area contributed by atoms with Crippen molar-refractivity contribution in [1.82, 2.24) is 24.8 Å². The lowest BCUT2D eigenvalue weighted by molar-refractivity contribution is 0.518. The van der Waals surface area contributed by atoms with Crippen molar-refractivity contribution in [2.75, 3.05) is 6.54 Å². The molecule has 106 valence electrons. The van der Waals surface area contributed by atoms with Crippen LogP contribution in [0, 0.1) is 0 Å². The lowest BCUT2D eigenvalue weighted by atomic mass is 10.2. The molecule has 0 amide bonds. The summed E-state index contributed by atoms with van der Waals surface area (Å²) in [5.41, 5.74) is 2.76. The number of imidazole rings is 1. The van der Waals surface area contributed by atoms with Crippen LogP contribution in [0.15, 0.2) is 42.7 Å². The zero-order valence-electron chi connectivity index (χ0n) is 11.7. The molecule has 21 heavy (non-hydrogen) atoms. The summed E-state index contributed by atoms with van der Waals surface area (Å²) in [6.07, 6.45) is 6.07. The molecule has 0 aromatic carbocycles. The second kappa shape index (κ2) is 5.26. The van der Waals surface area contributed by atoms with E-state index < -0.39 is 0 Å². The van der Waals surface area contributed by atoms with Gasteiger partial charge in [-0.15, -0.1) is 0 Å². The van der Waals surface area contributed by atoms with E-state index in [2.05, 4.69) is 19.9 Å². The van der Waals surface area contributed by atoms with Gasteiger partial charge in [0, 0.05) is 25.0 Å². The summed E-state index contributed by atoms with van der Waals surface area (Å²) >= 11 is 0. The highest BCUT2D eigenvalue weighted by Crippen LogP contribution is 2.23. The number of nitrogens with one attached hydrogen (secondary N) is 1. The van der Waals surface area contributed by atoms with Gasteiger partial charge in [-0.2, -0.15) is 0 Å². The Hall–Kier alpha value is -2.27. The van der Waals surface area contributed by atoms with Gasteiger partial charge < -0.3 is 9.88 Å². The maximum absolute atomic E-state index is 4.74. The largest absolute Gasteiger partial charge is 0.312 e. The van der Waals surface area contributed by atoms with Crippen LogP contribution in [0.5, 0.6) is 0 Å². The van der Waals surface area contributed by atoms with E-state index in [0.29, 0.717) is 6.04 Å². The zero-order valence-corrected chi connectivity index (χ0v) is 11.7. The quantitative estimate of drug-likeness (QED) is 0.799. The van der Waals surface area contributed by atoms with Crippen LogP contribution in [-0.4, -0.2) is 32.1 Å². The Bertz CT molecular complexity index is 744. The summed E-state index contributed by atoms with van der Waals surface area (Å²) in [4.78, 5) is 13.7. The van der Waals surface area contributed by atoms with Crippen molar-refractivity contribution >= 4 is 11.2 Å². The van der Waals surface area contributed by atoms with Crippen LogP contribution in [0.4, 0.5) is 0 Å². The Kier molecular flexibility index (Phi) is 3.12. The summed E-state index contributed by atoms with van der Waals surface area (Å²) in [6, 6.07) is 10.3. The van der Waals surface area contributed by atoms with Crippen LogP contribution in [0.2, 0.25) is 0 Å². The van der Waals surface area contributed by atoms with E-state index in [1.807, 2.05) is 36.5 Å². The molecule has 0 saturated carbocycles. The van der Waals surface area contributed by atoms with Crippen LogP contribution in [0.3, 0.4) is 0 Å². The average Bonchev–Trinajstić information content (AvgIpc) is 3.17. The maximum Gasteiger partial charge on any atom is 0.161 e. The third-order valence-electron chi connectivity index (χ3n) is 3.96. The zero-order chi connectivity index (χ0) is 14.1. The molecule has 1 unspecified atom stereocenters. The lowest BCUT2D eigenvalue weighted by Gasteiger charge is -2.14. The van der Waals surface area contributed by atoms with E-state index in [-0.39, 0.29) is 0 Å². The van der Waals surface area contributed by atoms with E-state index in [1.165, 1.54) is 12.8 Å². The molecule has 0 aliphatic carbocycles. The van der Waals surface area contributed by atoms with Gasteiger partial charge in [0.05, 0.1) is 0 Å². The first kappa shape index (κ1) is 12.5. The Balaban J connectivity index is 1.84. The minimum Gasteiger partial charge on any atom is -0.312 e. The molecule has 1 saturated heterocycles. The van der Waals surface area contributed by atoms with Crippen molar-refractivity contribution in [2.45, 2.75) is 25.4 Å². The van der Waals surface area contributed by atoms with Crippen LogP contribution in [-0.2, 0) is 6.54 Å². The fraction of sp³-hybridized carbons (Fsp3) is 0.312. The van der Waals surface area contributed by atoms with Crippen LogP contribution in [0.25, 0.3) is 22.7 Å². The number of hydrogen-bond acceptors (Lipinski definition) is 4. The van der Waals surface area contributed by atoms with Gasteiger partial charge in [0.25, 0.3) is 0 Å².